The summed E-state index contributed by atoms with van der Waals surface area (Å²) in [6.45, 7) is 7.12. The average Bonchev–Trinajstić information content (AvgIpc) is 2.08. The van der Waals surface area contributed by atoms with E-state index in [1.165, 1.54) is 11.1 Å². The average molecular weight is 333 g/mol. The van der Waals surface area contributed by atoms with E-state index in [-0.39, 0.29) is 0 Å². The van der Waals surface area contributed by atoms with Gasteiger partial charge in [0.25, 0.3) is 0 Å². The Morgan fingerprint density at radius 3 is 2.27 bits per heavy atom. The van der Waals surface area contributed by atoms with Crippen molar-refractivity contribution in [3.63, 3.8) is 0 Å². The molecule has 0 atom stereocenters. The van der Waals surface area contributed by atoms with E-state index < -0.39 is 0 Å². The number of hydrogen-bond donors (Lipinski definition) is 1. The monoisotopic (exact) mass is 331 g/mol. The van der Waals surface area contributed by atoms with Crippen LogP contribution < -0.4 is 5.32 Å². The molecular formula is C12H15Br2N. The van der Waals surface area contributed by atoms with Gasteiger partial charge in [-0.3, -0.25) is 0 Å². The Balaban J connectivity index is 2.81. The minimum atomic E-state index is 0.850. The van der Waals surface area contributed by atoms with Crippen LogP contribution in [0.4, 0.5) is 5.69 Å². The van der Waals surface area contributed by atoms with Gasteiger partial charge in [-0.25, -0.2) is 0 Å². The van der Waals surface area contributed by atoms with E-state index in [4.69, 9.17) is 0 Å². The maximum Gasteiger partial charge on any atom is 0.0631 e. The number of aryl methyl sites for hydroxylation is 1. The first-order valence-electron chi connectivity index (χ1n) is 4.83. The van der Waals surface area contributed by atoms with Gasteiger partial charge in [0, 0.05) is 15.5 Å². The molecule has 0 unspecified atom stereocenters. The summed E-state index contributed by atoms with van der Waals surface area (Å²) in [4.78, 5) is 0. The Morgan fingerprint density at radius 2 is 1.80 bits per heavy atom. The van der Waals surface area contributed by atoms with Gasteiger partial charge in [-0.2, -0.15) is 0 Å². The topological polar surface area (TPSA) is 12.0 Å². The molecule has 1 nitrogen and oxygen atoms in total. The fourth-order valence-corrected chi connectivity index (χ4v) is 2.92. The van der Waals surface area contributed by atoms with Crippen LogP contribution in [0.25, 0.3) is 0 Å². The number of rotatable bonds is 3. The molecule has 1 aromatic rings. The number of anilines is 1. The number of nitrogens with one attached hydrogen (secondary N) is 1. The van der Waals surface area contributed by atoms with Gasteiger partial charge in [0.1, 0.15) is 0 Å². The maximum atomic E-state index is 3.55. The second-order valence-electron chi connectivity index (χ2n) is 3.77. The predicted molar refractivity (Wildman–Crippen MR) is 74.5 cm³/mol. The second-order valence-corrected chi connectivity index (χ2v) is 5.47. The Morgan fingerprint density at radius 1 is 1.27 bits per heavy atom. The van der Waals surface area contributed by atoms with Gasteiger partial charge in [-0.1, -0.05) is 11.6 Å². The van der Waals surface area contributed by atoms with Crippen LogP contribution in [0, 0.1) is 6.92 Å². The summed E-state index contributed by atoms with van der Waals surface area (Å²) in [7, 11) is 0. The lowest BCUT2D eigenvalue weighted by Gasteiger charge is -2.10. The molecule has 3 heteroatoms. The van der Waals surface area contributed by atoms with Gasteiger partial charge in [-0.15, -0.1) is 0 Å². The Hall–Kier alpha value is -0.280. The smallest absolute Gasteiger partial charge is 0.0631 e. The summed E-state index contributed by atoms with van der Waals surface area (Å²) in [6, 6.07) is 4.21. The third-order valence-corrected chi connectivity index (χ3v) is 3.23. The molecule has 0 saturated carbocycles. The maximum absolute atomic E-state index is 3.55. The van der Waals surface area contributed by atoms with Crippen molar-refractivity contribution in [1.82, 2.24) is 0 Å². The minimum absolute atomic E-state index is 0.850. The Kier molecular flexibility index (Phi) is 4.87. The number of allylic oxidation sites excluding steroid dienone is 1. The van der Waals surface area contributed by atoms with Gasteiger partial charge in [-0.05, 0) is 70.3 Å². The lowest BCUT2D eigenvalue weighted by Crippen LogP contribution is -2.00. The molecule has 1 N–H and O–H groups in total. The van der Waals surface area contributed by atoms with Crippen molar-refractivity contribution in [2.75, 3.05) is 11.9 Å². The van der Waals surface area contributed by atoms with Gasteiger partial charge in [0.15, 0.2) is 0 Å². The predicted octanol–water partition coefficient (Wildman–Crippen LogP) is 4.90. The molecule has 0 radical (unpaired) electrons. The van der Waals surface area contributed by atoms with Crippen LogP contribution in [0.3, 0.4) is 0 Å². The highest BCUT2D eigenvalue weighted by Gasteiger charge is 2.04. The van der Waals surface area contributed by atoms with Crippen molar-refractivity contribution >= 4 is 37.5 Å². The van der Waals surface area contributed by atoms with Crippen LogP contribution in [0.15, 0.2) is 32.7 Å². The zero-order valence-corrected chi connectivity index (χ0v) is 12.4. The molecule has 0 fully saturated rings. The first-order chi connectivity index (χ1) is 7.00. The number of benzene rings is 1. The minimum Gasteiger partial charge on any atom is -0.380 e. The molecule has 0 aromatic heterocycles. The molecule has 1 aromatic carbocycles. The quantitative estimate of drug-likeness (QED) is 0.776. The standard InChI is InChI=1S/C12H15Br2N/c1-8(2)4-5-15-12-10(13)6-9(3)7-11(12)14/h4,6-7,15H,5H2,1-3H3. The van der Waals surface area contributed by atoms with Gasteiger partial charge >= 0.3 is 0 Å². The normalized spacial score (nSPS) is 9.93. The second kappa shape index (κ2) is 5.71. The molecule has 1 rings (SSSR count). The summed E-state index contributed by atoms with van der Waals surface area (Å²) in [5.74, 6) is 0. The third-order valence-electron chi connectivity index (χ3n) is 1.98. The Bertz CT molecular complexity index is 356. The van der Waals surface area contributed by atoms with Crippen LogP contribution in [0.1, 0.15) is 19.4 Å². The van der Waals surface area contributed by atoms with Crippen molar-refractivity contribution in [3.05, 3.63) is 38.3 Å². The summed E-state index contributed by atoms with van der Waals surface area (Å²) >= 11 is 7.10. The highest BCUT2D eigenvalue weighted by Crippen LogP contribution is 2.32. The van der Waals surface area contributed by atoms with E-state index in [9.17, 15) is 0 Å². The summed E-state index contributed by atoms with van der Waals surface area (Å²) in [6.07, 6.45) is 2.17. The molecule has 82 valence electrons. The van der Waals surface area contributed by atoms with Crippen molar-refractivity contribution in [2.45, 2.75) is 20.8 Å². The molecule has 0 spiro atoms. The number of halogens is 2. The lowest BCUT2D eigenvalue weighted by molar-refractivity contribution is 1.25. The van der Waals surface area contributed by atoms with E-state index in [0.717, 1.165) is 21.2 Å². The molecule has 0 amide bonds. The Labute approximate surface area is 108 Å². The first-order valence-corrected chi connectivity index (χ1v) is 6.42. The molecule has 0 aliphatic carbocycles. The van der Waals surface area contributed by atoms with E-state index in [0.29, 0.717) is 0 Å². The van der Waals surface area contributed by atoms with E-state index in [1.54, 1.807) is 0 Å². The summed E-state index contributed by atoms with van der Waals surface area (Å²) in [5.41, 5.74) is 3.67. The van der Waals surface area contributed by atoms with Crippen LogP contribution in [-0.4, -0.2) is 6.54 Å². The van der Waals surface area contributed by atoms with Gasteiger partial charge in [0.2, 0.25) is 0 Å². The summed E-state index contributed by atoms with van der Waals surface area (Å²) in [5, 5.41) is 3.37. The van der Waals surface area contributed by atoms with Gasteiger partial charge < -0.3 is 5.32 Å². The van der Waals surface area contributed by atoms with Crippen molar-refractivity contribution < 1.29 is 0 Å². The molecule has 0 saturated heterocycles. The van der Waals surface area contributed by atoms with Crippen LogP contribution in [0.2, 0.25) is 0 Å². The highest BCUT2D eigenvalue weighted by atomic mass is 79.9. The zero-order valence-electron chi connectivity index (χ0n) is 9.20. The SMILES string of the molecule is CC(C)=CCNc1c(Br)cc(C)cc1Br. The molecule has 0 aliphatic rings. The molecular weight excluding hydrogens is 318 g/mol. The van der Waals surface area contributed by atoms with Crippen LogP contribution >= 0.6 is 31.9 Å². The lowest BCUT2D eigenvalue weighted by atomic mass is 10.2. The van der Waals surface area contributed by atoms with Crippen molar-refractivity contribution in [3.8, 4) is 0 Å². The first kappa shape index (κ1) is 12.8. The van der Waals surface area contributed by atoms with E-state index in [2.05, 4.69) is 76.2 Å². The van der Waals surface area contributed by atoms with Crippen LogP contribution in [0.5, 0.6) is 0 Å². The highest BCUT2D eigenvalue weighted by molar-refractivity contribution is 9.11. The molecule has 0 heterocycles. The van der Waals surface area contributed by atoms with Crippen molar-refractivity contribution in [2.24, 2.45) is 0 Å². The van der Waals surface area contributed by atoms with Crippen molar-refractivity contribution in [1.29, 1.82) is 0 Å². The summed E-state index contributed by atoms with van der Waals surface area (Å²) < 4.78 is 2.19. The molecule has 0 aliphatic heterocycles. The fourth-order valence-electron chi connectivity index (χ4n) is 1.23. The van der Waals surface area contributed by atoms with Gasteiger partial charge in [0.05, 0.1) is 5.69 Å². The number of hydrogen-bond acceptors (Lipinski definition) is 1. The molecule has 15 heavy (non-hydrogen) atoms. The largest absolute Gasteiger partial charge is 0.380 e. The molecule has 0 bridgehead atoms. The van der Waals surface area contributed by atoms with Crippen LogP contribution in [-0.2, 0) is 0 Å². The van der Waals surface area contributed by atoms with E-state index >= 15 is 0 Å². The fraction of sp³-hybridized carbons (Fsp3) is 0.333. The zero-order chi connectivity index (χ0) is 11.4. The van der Waals surface area contributed by atoms with E-state index in [1.807, 2.05) is 0 Å². The third kappa shape index (κ3) is 3.99.